The molecule has 0 saturated carbocycles. The van der Waals surface area contributed by atoms with Gasteiger partial charge in [-0.05, 0) is 169 Å². The van der Waals surface area contributed by atoms with Crippen molar-refractivity contribution in [1.82, 2.24) is 0 Å². The summed E-state index contributed by atoms with van der Waals surface area (Å²) in [6, 6.07) is 107. The zero-order valence-corrected chi connectivity index (χ0v) is 45.1. The van der Waals surface area contributed by atoms with E-state index in [4.69, 9.17) is 0 Å². The van der Waals surface area contributed by atoms with Gasteiger partial charge in [-0.3, -0.25) is 0 Å². The Morgan fingerprint density at radius 1 is 0.304 bits per heavy atom. The lowest BCUT2D eigenvalue weighted by Gasteiger charge is -2.39. The number of aryl methyl sites for hydroxylation is 3. The number of hydrogen-bond acceptors (Lipinski definition) is 3. The van der Waals surface area contributed by atoms with Crippen LogP contribution in [0.5, 0.6) is 0 Å². The van der Waals surface area contributed by atoms with Gasteiger partial charge in [0.1, 0.15) is 0 Å². The maximum Gasteiger partial charge on any atom is 0.0690 e. The molecule has 3 heteroatoms. The van der Waals surface area contributed by atoms with Crippen LogP contribution in [0, 0.1) is 20.8 Å². The summed E-state index contributed by atoms with van der Waals surface area (Å²) < 4.78 is 0. The lowest BCUT2D eigenvalue weighted by molar-refractivity contribution is 0.663. The van der Waals surface area contributed by atoms with Crippen molar-refractivity contribution in [1.29, 1.82) is 0 Å². The fourth-order valence-corrected chi connectivity index (χ4v) is 12.0. The number of fused-ring (bicyclic) bond motifs is 9. The van der Waals surface area contributed by atoms with E-state index < -0.39 is 5.41 Å². The number of hydrogen-bond donors (Lipinski definition) is 0. The number of benzene rings is 11. The molecule has 0 saturated heterocycles. The first-order valence-electron chi connectivity index (χ1n) is 27.5. The third kappa shape index (κ3) is 9.88. The number of nitrogens with zero attached hydrogens (tertiary/aromatic N) is 3. The molecule has 1 atom stereocenters. The molecule has 3 aliphatic rings. The minimum absolute atomic E-state index is 0.0555. The zero-order chi connectivity index (χ0) is 53.5. The van der Waals surface area contributed by atoms with Crippen molar-refractivity contribution in [2.75, 3.05) is 14.7 Å². The molecular formula is C76H63N3. The van der Waals surface area contributed by atoms with Crippen molar-refractivity contribution in [3.05, 3.63) is 354 Å². The van der Waals surface area contributed by atoms with Crippen LogP contribution in [0.4, 0.5) is 45.5 Å². The molecule has 382 valence electrons. The van der Waals surface area contributed by atoms with Crippen LogP contribution < -0.4 is 14.7 Å². The van der Waals surface area contributed by atoms with Crippen LogP contribution in [0.15, 0.2) is 315 Å². The standard InChI is InChI=1S/C62H47N3.2C7H8/c1-44-32-36-54-55-37-33-51(63(45-20-8-2-9-21-45)46-22-10-3-11-23-46)41-59(55)62(58(54)40-44)60-42-52(64(47-24-12-4-13-25-47)48-26-14-5-15-27-48)34-38-56(60)57-39-35-53(43-61(57)62)65(49-28-16-6-17-29-49)50-30-18-7-19-31-50;2*1-7-5-3-2-4-6-7/h2-40,42-43,51H,41H2,1H3;2*2-6H,1H3. The molecule has 0 bridgehead atoms. The molecule has 0 heterocycles. The molecule has 11 aromatic rings. The van der Waals surface area contributed by atoms with E-state index in [1.807, 2.05) is 36.4 Å². The van der Waals surface area contributed by atoms with Gasteiger partial charge in [-0.15, -0.1) is 0 Å². The third-order valence-corrected chi connectivity index (χ3v) is 15.5. The van der Waals surface area contributed by atoms with E-state index in [2.05, 4.69) is 308 Å². The molecule has 1 spiro atoms. The van der Waals surface area contributed by atoms with Crippen molar-refractivity contribution >= 4 is 51.1 Å². The summed E-state index contributed by atoms with van der Waals surface area (Å²) in [5, 5.41) is 0. The minimum Gasteiger partial charge on any atom is -0.334 e. The second-order valence-corrected chi connectivity index (χ2v) is 20.6. The van der Waals surface area contributed by atoms with E-state index in [1.54, 1.807) is 0 Å². The highest BCUT2D eigenvalue weighted by molar-refractivity contribution is 5.99. The Bertz CT molecular complexity index is 3590. The molecule has 14 rings (SSSR count). The van der Waals surface area contributed by atoms with Crippen LogP contribution in [-0.2, 0) is 5.41 Å². The van der Waals surface area contributed by atoms with E-state index in [-0.39, 0.29) is 6.04 Å². The largest absolute Gasteiger partial charge is 0.334 e. The molecule has 0 aliphatic heterocycles. The van der Waals surface area contributed by atoms with E-state index in [9.17, 15) is 0 Å². The smallest absolute Gasteiger partial charge is 0.0690 e. The van der Waals surface area contributed by atoms with Crippen LogP contribution >= 0.6 is 0 Å². The molecule has 3 nitrogen and oxygen atoms in total. The van der Waals surface area contributed by atoms with Gasteiger partial charge in [0.25, 0.3) is 0 Å². The second-order valence-electron chi connectivity index (χ2n) is 20.6. The van der Waals surface area contributed by atoms with Gasteiger partial charge in [-0.2, -0.15) is 0 Å². The lowest BCUT2D eigenvalue weighted by Crippen LogP contribution is -2.36. The SMILES string of the molecule is Cc1ccc2c(c1)C1(C3=C2C=CC(N(c2ccccc2)c2ccccc2)C3)c2cc(N(c3ccccc3)c3ccccc3)ccc2-c2ccc(N(c3ccccc3)c3ccccc3)cc21.Cc1ccccc1.Cc1ccccc1. The van der Waals surface area contributed by atoms with Gasteiger partial charge in [0.15, 0.2) is 0 Å². The van der Waals surface area contributed by atoms with Gasteiger partial charge in [-0.25, -0.2) is 0 Å². The van der Waals surface area contributed by atoms with Gasteiger partial charge >= 0.3 is 0 Å². The number of allylic oxidation sites excluding steroid dienone is 2. The molecule has 0 aromatic heterocycles. The molecule has 0 fully saturated rings. The monoisotopic (exact) mass is 1020 g/mol. The first-order chi connectivity index (χ1) is 39.0. The van der Waals surface area contributed by atoms with Crippen LogP contribution in [0.25, 0.3) is 16.7 Å². The predicted molar refractivity (Wildman–Crippen MR) is 334 cm³/mol. The lowest BCUT2D eigenvalue weighted by atomic mass is 9.67. The fourth-order valence-electron chi connectivity index (χ4n) is 12.0. The van der Waals surface area contributed by atoms with E-state index in [0.29, 0.717) is 0 Å². The summed E-state index contributed by atoms with van der Waals surface area (Å²) >= 11 is 0. The highest BCUT2D eigenvalue weighted by atomic mass is 15.2. The minimum atomic E-state index is -0.590. The van der Waals surface area contributed by atoms with Crippen molar-refractivity contribution in [2.45, 2.75) is 38.6 Å². The molecule has 3 aliphatic carbocycles. The molecule has 0 amide bonds. The molecule has 0 N–H and O–H groups in total. The van der Waals surface area contributed by atoms with Crippen molar-refractivity contribution in [3.8, 4) is 11.1 Å². The van der Waals surface area contributed by atoms with Gasteiger partial charge in [0, 0.05) is 45.5 Å². The van der Waals surface area contributed by atoms with Crippen LogP contribution in [0.1, 0.15) is 45.4 Å². The Morgan fingerprint density at radius 2 is 0.633 bits per heavy atom. The molecular weight excluding hydrogens is 955 g/mol. The van der Waals surface area contributed by atoms with Gasteiger partial charge in [-0.1, -0.05) is 229 Å². The fraction of sp³-hybridized carbons (Fsp3) is 0.0789. The van der Waals surface area contributed by atoms with Crippen molar-refractivity contribution in [3.63, 3.8) is 0 Å². The number of rotatable bonds is 9. The average Bonchev–Trinajstić information content (AvgIpc) is 2.85. The van der Waals surface area contributed by atoms with E-state index >= 15 is 0 Å². The summed E-state index contributed by atoms with van der Waals surface area (Å²) in [4.78, 5) is 7.35. The number of anilines is 8. The van der Waals surface area contributed by atoms with Crippen molar-refractivity contribution in [2.24, 2.45) is 0 Å². The maximum atomic E-state index is 2.53. The Balaban J connectivity index is 0.000000389. The average molecular weight is 1020 g/mol. The van der Waals surface area contributed by atoms with Gasteiger partial charge < -0.3 is 14.7 Å². The Kier molecular flexibility index (Phi) is 14.3. The van der Waals surface area contributed by atoms with Crippen LogP contribution in [0.3, 0.4) is 0 Å². The molecule has 1 unspecified atom stereocenters. The summed E-state index contributed by atoms with van der Waals surface area (Å²) in [5.74, 6) is 0. The third-order valence-electron chi connectivity index (χ3n) is 15.5. The van der Waals surface area contributed by atoms with E-state index in [1.165, 1.54) is 72.6 Å². The quantitative estimate of drug-likeness (QED) is 0.143. The topological polar surface area (TPSA) is 9.72 Å². The van der Waals surface area contributed by atoms with Gasteiger partial charge in [0.05, 0.1) is 11.5 Å². The summed E-state index contributed by atoms with van der Waals surface area (Å²) in [6.07, 6.45) is 5.72. The van der Waals surface area contributed by atoms with Crippen molar-refractivity contribution < 1.29 is 0 Å². The van der Waals surface area contributed by atoms with Crippen LogP contribution in [0.2, 0.25) is 0 Å². The first-order valence-corrected chi connectivity index (χ1v) is 27.5. The van der Waals surface area contributed by atoms with E-state index in [0.717, 1.165) is 40.5 Å². The predicted octanol–water partition coefficient (Wildman–Crippen LogP) is 20.2. The van der Waals surface area contributed by atoms with Gasteiger partial charge in [0.2, 0.25) is 0 Å². The Labute approximate surface area is 467 Å². The molecule has 79 heavy (non-hydrogen) atoms. The molecule has 0 radical (unpaired) electrons. The summed E-state index contributed by atoms with van der Waals surface area (Å²) in [6.45, 7) is 6.42. The zero-order valence-electron chi connectivity index (χ0n) is 45.1. The number of para-hydroxylation sites is 6. The van der Waals surface area contributed by atoms with Crippen LogP contribution in [-0.4, -0.2) is 6.04 Å². The molecule has 11 aromatic carbocycles. The second kappa shape index (κ2) is 22.5. The Morgan fingerprint density at radius 3 is 0.987 bits per heavy atom. The maximum absolute atomic E-state index is 2.53. The normalized spacial score (nSPS) is 13.8. The highest BCUT2D eigenvalue weighted by Gasteiger charge is 2.54. The highest BCUT2D eigenvalue weighted by Crippen LogP contribution is 2.65. The summed E-state index contributed by atoms with van der Waals surface area (Å²) in [5.41, 5.74) is 23.0. The first kappa shape index (κ1) is 50.1. The summed E-state index contributed by atoms with van der Waals surface area (Å²) in [7, 11) is 0. The Hall–Kier alpha value is -9.70.